The van der Waals surface area contributed by atoms with Crippen LogP contribution >= 0.6 is 0 Å². The molecule has 1 atom stereocenters. The Hall–Kier alpha value is -2.30. The molecule has 1 saturated heterocycles. The highest BCUT2D eigenvalue weighted by atomic mass is 16.5. The molecule has 25 heavy (non-hydrogen) atoms. The van der Waals surface area contributed by atoms with Crippen LogP contribution in [0.3, 0.4) is 0 Å². The summed E-state index contributed by atoms with van der Waals surface area (Å²) < 4.78 is 11.3. The van der Waals surface area contributed by atoms with Gasteiger partial charge in [0.25, 0.3) is 0 Å². The summed E-state index contributed by atoms with van der Waals surface area (Å²) in [6.07, 6.45) is 6.56. The van der Waals surface area contributed by atoms with E-state index in [-0.39, 0.29) is 5.91 Å². The van der Waals surface area contributed by atoms with Gasteiger partial charge in [-0.15, -0.1) is 0 Å². The molecule has 4 rings (SSSR count). The first kappa shape index (κ1) is 16.2. The first-order valence-electron chi connectivity index (χ1n) is 9.16. The topological polar surface area (TPSA) is 55.6 Å². The van der Waals surface area contributed by atoms with Crippen LogP contribution in [-0.2, 0) is 10.2 Å². The zero-order valence-electron chi connectivity index (χ0n) is 14.4. The second kappa shape index (κ2) is 6.90. The minimum Gasteiger partial charge on any atom is -0.493 e. The van der Waals surface area contributed by atoms with E-state index in [2.05, 4.69) is 5.16 Å². The van der Waals surface area contributed by atoms with Crippen LogP contribution < -0.4 is 4.74 Å². The number of likely N-dealkylation sites (tertiary alicyclic amines) is 1. The standard InChI is InChI=1S/C20H24N2O3/c23-19(20(10-5-11-20)18-9-12-21-25-18)22-13-4-6-16(14-22)15-24-17-7-2-1-3-8-17/h1-3,7-9,12,16H,4-6,10-11,13-15H2. The van der Waals surface area contributed by atoms with E-state index < -0.39 is 5.41 Å². The van der Waals surface area contributed by atoms with E-state index >= 15 is 0 Å². The summed E-state index contributed by atoms with van der Waals surface area (Å²) in [5, 5.41) is 3.81. The van der Waals surface area contributed by atoms with E-state index in [0.717, 1.165) is 56.7 Å². The third-order valence-electron chi connectivity index (χ3n) is 5.56. The maximum Gasteiger partial charge on any atom is 0.236 e. The monoisotopic (exact) mass is 340 g/mol. The SMILES string of the molecule is O=C(N1CCCC(COc2ccccc2)C1)C1(c2ccno2)CCC1. The number of amides is 1. The third kappa shape index (κ3) is 3.15. The number of para-hydroxylation sites is 1. The molecular formula is C20H24N2O3. The van der Waals surface area contributed by atoms with Crippen LogP contribution in [0.25, 0.3) is 0 Å². The molecule has 1 aliphatic carbocycles. The Labute approximate surface area is 147 Å². The maximum atomic E-state index is 13.2. The molecule has 1 aromatic heterocycles. The molecule has 1 aliphatic heterocycles. The normalized spacial score (nSPS) is 22.2. The molecule has 2 heterocycles. The predicted molar refractivity (Wildman–Crippen MR) is 93.3 cm³/mol. The fourth-order valence-corrected chi connectivity index (χ4v) is 3.98. The van der Waals surface area contributed by atoms with Crippen LogP contribution in [0.2, 0.25) is 0 Å². The predicted octanol–water partition coefficient (Wildman–Crippen LogP) is 3.41. The largest absolute Gasteiger partial charge is 0.493 e. The van der Waals surface area contributed by atoms with Gasteiger partial charge in [-0.3, -0.25) is 4.79 Å². The van der Waals surface area contributed by atoms with Gasteiger partial charge in [0, 0.05) is 25.1 Å². The molecule has 2 aliphatic rings. The molecule has 1 amide bonds. The lowest BCUT2D eigenvalue weighted by molar-refractivity contribution is -0.144. The van der Waals surface area contributed by atoms with Crippen molar-refractivity contribution in [2.75, 3.05) is 19.7 Å². The van der Waals surface area contributed by atoms with Gasteiger partial charge in [-0.05, 0) is 37.8 Å². The minimum atomic E-state index is -0.474. The Kier molecular flexibility index (Phi) is 4.47. The molecule has 5 heteroatoms. The zero-order chi connectivity index (χ0) is 17.1. The van der Waals surface area contributed by atoms with E-state index in [0.29, 0.717) is 12.5 Å². The van der Waals surface area contributed by atoms with Gasteiger partial charge in [-0.2, -0.15) is 0 Å². The molecule has 0 bridgehead atoms. The van der Waals surface area contributed by atoms with E-state index in [1.807, 2.05) is 41.3 Å². The van der Waals surface area contributed by atoms with Crippen LogP contribution in [0.1, 0.15) is 37.9 Å². The lowest BCUT2D eigenvalue weighted by Gasteiger charge is -2.43. The number of hydrogen-bond acceptors (Lipinski definition) is 4. The summed E-state index contributed by atoms with van der Waals surface area (Å²) in [7, 11) is 0. The Morgan fingerprint density at radius 1 is 1.24 bits per heavy atom. The molecule has 1 unspecified atom stereocenters. The number of rotatable bonds is 5. The number of hydrogen-bond donors (Lipinski definition) is 0. The zero-order valence-corrected chi connectivity index (χ0v) is 14.4. The van der Waals surface area contributed by atoms with Gasteiger partial charge >= 0.3 is 0 Å². The third-order valence-corrected chi connectivity index (χ3v) is 5.56. The number of piperidine rings is 1. The van der Waals surface area contributed by atoms with Crippen LogP contribution in [0.15, 0.2) is 47.1 Å². The van der Waals surface area contributed by atoms with Crippen molar-refractivity contribution in [1.82, 2.24) is 10.1 Å². The van der Waals surface area contributed by atoms with Crippen molar-refractivity contribution in [3.63, 3.8) is 0 Å². The molecule has 132 valence electrons. The van der Waals surface area contributed by atoms with Crippen LogP contribution in [0, 0.1) is 5.92 Å². The van der Waals surface area contributed by atoms with Crippen LogP contribution in [0.5, 0.6) is 5.75 Å². The Morgan fingerprint density at radius 3 is 2.76 bits per heavy atom. The second-order valence-corrected chi connectivity index (χ2v) is 7.20. The van der Waals surface area contributed by atoms with Crippen LogP contribution in [0.4, 0.5) is 0 Å². The molecule has 1 saturated carbocycles. The molecular weight excluding hydrogens is 316 g/mol. The first-order valence-corrected chi connectivity index (χ1v) is 9.16. The van der Waals surface area contributed by atoms with E-state index in [1.165, 1.54) is 0 Å². The Balaban J connectivity index is 1.40. The molecule has 0 N–H and O–H groups in total. The smallest absolute Gasteiger partial charge is 0.236 e. The van der Waals surface area contributed by atoms with Gasteiger partial charge in [0.2, 0.25) is 5.91 Å². The fraction of sp³-hybridized carbons (Fsp3) is 0.500. The van der Waals surface area contributed by atoms with Gasteiger partial charge < -0.3 is 14.2 Å². The summed E-state index contributed by atoms with van der Waals surface area (Å²) in [5.41, 5.74) is -0.474. The van der Waals surface area contributed by atoms with E-state index in [4.69, 9.17) is 9.26 Å². The first-order chi connectivity index (χ1) is 12.3. The number of carbonyl (C=O) groups excluding carboxylic acids is 1. The second-order valence-electron chi connectivity index (χ2n) is 7.20. The Bertz CT molecular complexity index is 695. The van der Waals surface area contributed by atoms with Crippen molar-refractivity contribution in [1.29, 1.82) is 0 Å². The van der Waals surface area contributed by atoms with Gasteiger partial charge in [0.15, 0.2) is 5.76 Å². The summed E-state index contributed by atoms with van der Waals surface area (Å²) in [6.45, 7) is 2.25. The lowest BCUT2D eigenvalue weighted by Crippen LogP contribution is -2.53. The Morgan fingerprint density at radius 2 is 2.08 bits per heavy atom. The van der Waals surface area contributed by atoms with Crippen molar-refractivity contribution in [2.24, 2.45) is 5.92 Å². The molecule has 2 aromatic rings. The molecule has 0 spiro atoms. The summed E-state index contributed by atoms with van der Waals surface area (Å²) >= 11 is 0. The average Bonchev–Trinajstić information content (AvgIpc) is 3.15. The summed E-state index contributed by atoms with van der Waals surface area (Å²) in [5.74, 6) is 2.21. The van der Waals surface area contributed by atoms with Crippen molar-refractivity contribution >= 4 is 5.91 Å². The van der Waals surface area contributed by atoms with Gasteiger partial charge in [-0.25, -0.2) is 0 Å². The quantitative estimate of drug-likeness (QED) is 0.837. The van der Waals surface area contributed by atoms with Crippen LogP contribution in [-0.4, -0.2) is 35.7 Å². The number of benzene rings is 1. The van der Waals surface area contributed by atoms with Crippen molar-refractivity contribution in [3.8, 4) is 5.75 Å². The number of nitrogens with zero attached hydrogens (tertiary/aromatic N) is 2. The molecule has 1 aromatic carbocycles. The van der Waals surface area contributed by atoms with E-state index in [9.17, 15) is 4.79 Å². The number of carbonyl (C=O) groups is 1. The summed E-state index contributed by atoms with van der Waals surface area (Å²) in [4.78, 5) is 15.2. The van der Waals surface area contributed by atoms with Crippen molar-refractivity contribution < 1.29 is 14.1 Å². The highest BCUT2D eigenvalue weighted by Crippen LogP contribution is 2.45. The fourth-order valence-electron chi connectivity index (χ4n) is 3.98. The lowest BCUT2D eigenvalue weighted by atomic mass is 9.66. The number of aromatic nitrogens is 1. The highest BCUT2D eigenvalue weighted by Gasteiger charge is 2.50. The average molecular weight is 340 g/mol. The summed E-state index contributed by atoms with van der Waals surface area (Å²) in [6, 6.07) is 11.7. The van der Waals surface area contributed by atoms with E-state index in [1.54, 1.807) is 6.20 Å². The molecule has 2 fully saturated rings. The highest BCUT2D eigenvalue weighted by molar-refractivity contribution is 5.88. The number of ether oxygens (including phenoxy) is 1. The van der Waals surface area contributed by atoms with Crippen molar-refractivity contribution in [3.05, 3.63) is 48.4 Å². The van der Waals surface area contributed by atoms with Gasteiger partial charge in [0.05, 0.1) is 12.8 Å². The maximum absolute atomic E-state index is 13.2. The minimum absolute atomic E-state index is 0.208. The van der Waals surface area contributed by atoms with Gasteiger partial charge in [-0.1, -0.05) is 29.8 Å². The van der Waals surface area contributed by atoms with Gasteiger partial charge in [0.1, 0.15) is 11.2 Å². The molecule has 5 nitrogen and oxygen atoms in total. The van der Waals surface area contributed by atoms with Crippen molar-refractivity contribution in [2.45, 2.75) is 37.5 Å². The molecule has 0 radical (unpaired) electrons.